The Morgan fingerprint density at radius 1 is 1.27 bits per heavy atom. The lowest BCUT2D eigenvalue weighted by atomic mass is 10.0. The summed E-state index contributed by atoms with van der Waals surface area (Å²) in [5, 5.41) is 6.33. The molecule has 4 nitrogen and oxygen atoms in total. The van der Waals surface area contributed by atoms with Crippen LogP contribution in [0.3, 0.4) is 0 Å². The SMILES string of the molecule is CCC(NCC(C)NC(=O)OC(C)(C)C)c1ccc(Br)cc1. The zero-order chi connectivity index (χ0) is 16.8. The molecule has 0 heterocycles. The van der Waals surface area contributed by atoms with Crippen LogP contribution in [0, 0.1) is 0 Å². The number of hydrogen-bond donors (Lipinski definition) is 2. The van der Waals surface area contributed by atoms with E-state index in [1.165, 1.54) is 5.56 Å². The summed E-state index contributed by atoms with van der Waals surface area (Å²) in [5.41, 5.74) is 0.774. The minimum Gasteiger partial charge on any atom is -0.444 e. The van der Waals surface area contributed by atoms with Crippen LogP contribution in [-0.4, -0.2) is 24.3 Å². The second-order valence-electron chi connectivity index (χ2n) is 6.47. The van der Waals surface area contributed by atoms with Gasteiger partial charge in [0.2, 0.25) is 0 Å². The quantitative estimate of drug-likeness (QED) is 0.779. The van der Waals surface area contributed by atoms with Crippen molar-refractivity contribution in [1.29, 1.82) is 0 Å². The number of rotatable bonds is 6. The Bertz CT molecular complexity index is 469. The Morgan fingerprint density at radius 2 is 1.86 bits per heavy atom. The van der Waals surface area contributed by atoms with Gasteiger partial charge in [0.05, 0.1) is 0 Å². The summed E-state index contributed by atoms with van der Waals surface area (Å²) >= 11 is 3.45. The molecule has 124 valence electrons. The van der Waals surface area contributed by atoms with E-state index in [0.717, 1.165) is 10.9 Å². The van der Waals surface area contributed by atoms with E-state index < -0.39 is 5.60 Å². The molecule has 0 spiro atoms. The standard InChI is InChI=1S/C17H27BrN2O2/c1-6-15(13-7-9-14(18)10-8-13)19-11-12(2)20-16(21)22-17(3,4)5/h7-10,12,15,19H,6,11H2,1-5H3,(H,20,21). The molecule has 0 radical (unpaired) electrons. The number of hydrogen-bond acceptors (Lipinski definition) is 3. The van der Waals surface area contributed by atoms with Crippen LogP contribution in [0.2, 0.25) is 0 Å². The summed E-state index contributed by atoms with van der Waals surface area (Å²) in [6, 6.07) is 8.58. The molecule has 0 bridgehead atoms. The van der Waals surface area contributed by atoms with Crippen LogP contribution < -0.4 is 10.6 Å². The maximum Gasteiger partial charge on any atom is 0.407 e. The Kier molecular flexibility index (Phi) is 7.36. The molecule has 0 aliphatic carbocycles. The fraction of sp³-hybridized carbons (Fsp3) is 0.588. The maximum atomic E-state index is 11.7. The number of carbonyl (C=O) groups is 1. The van der Waals surface area contributed by atoms with Crippen molar-refractivity contribution in [2.75, 3.05) is 6.54 Å². The maximum absolute atomic E-state index is 11.7. The Hall–Kier alpha value is -1.07. The Balaban J connectivity index is 2.45. The summed E-state index contributed by atoms with van der Waals surface area (Å²) in [6.07, 6.45) is 0.610. The molecule has 1 rings (SSSR count). The monoisotopic (exact) mass is 370 g/mol. The third kappa shape index (κ3) is 7.27. The number of nitrogens with one attached hydrogen (secondary N) is 2. The third-order valence-electron chi connectivity index (χ3n) is 3.11. The van der Waals surface area contributed by atoms with E-state index in [2.05, 4.69) is 45.6 Å². The molecule has 2 N–H and O–H groups in total. The van der Waals surface area contributed by atoms with E-state index in [0.29, 0.717) is 6.54 Å². The van der Waals surface area contributed by atoms with Crippen molar-refractivity contribution in [1.82, 2.24) is 10.6 Å². The Labute approximate surface area is 142 Å². The van der Waals surface area contributed by atoms with E-state index in [9.17, 15) is 4.79 Å². The van der Waals surface area contributed by atoms with Crippen molar-refractivity contribution < 1.29 is 9.53 Å². The third-order valence-corrected chi connectivity index (χ3v) is 3.64. The van der Waals surface area contributed by atoms with Crippen molar-refractivity contribution in [2.24, 2.45) is 0 Å². The van der Waals surface area contributed by atoms with Crippen LogP contribution in [0.5, 0.6) is 0 Å². The van der Waals surface area contributed by atoms with Gasteiger partial charge in [0.25, 0.3) is 0 Å². The van der Waals surface area contributed by atoms with Crippen molar-refractivity contribution >= 4 is 22.0 Å². The van der Waals surface area contributed by atoms with E-state index in [1.54, 1.807) is 0 Å². The van der Waals surface area contributed by atoms with Crippen molar-refractivity contribution in [2.45, 2.75) is 58.7 Å². The topological polar surface area (TPSA) is 50.4 Å². The molecule has 0 aliphatic heterocycles. The van der Waals surface area contributed by atoms with Gasteiger partial charge in [-0.05, 0) is 51.8 Å². The lowest BCUT2D eigenvalue weighted by molar-refractivity contribution is 0.0507. The molecule has 1 aromatic carbocycles. The molecular formula is C17H27BrN2O2. The molecule has 1 amide bonds. The first kappa shape index (κ1) is 19.0. The van der Waals surface area contributed by atoms with Crippen molar-refractivity contribution in [3.05, 3.63) is 34.3 Å². The number of alkyl carbamates (subject to hydrolysis) is 1. The van der Waals surface area contributed by atoms with Gasteiger partial charge in [-0.15, -0.1) is 0 Å². The van der Waals surface area contributed by atoms with Gasteiger partial charge >= 0.3 is 6.09 Å². The number of carbonyl (C=O) groups excluding carboxylic acids is 1. The predicted octanol–water partition coefficient (Wildman–Crippen LogP) is 4.40. The molecule has 0 aromatic heterocycles. The highest BCUT2D eigenvalue weighted by Gasteiger charge is 2.18. The van der Waals surface area contributed by atoms with E-state index >= 15 is 0 Å². The Morgan fingerprint density at radius 3 is 2.36 bits per heavy atom. The highest BCUT2D eigenvalue weighted by atomic mass is 79.9. The average Bonchev–Trinajstić information content (AvgIpc) is 2.39. The fourth-order valence-corrected chi connectivity index (χ4v) is 2.34. The molecular weight excluding hydrogens is 344 g/mol. The van der Waals surface area contributed by atoms with Gasteiger partial charge in [-0.1, -0.05) is 35.0 Å². The van der Waals surface area contributed by atoms with Gasteiger partial charge < -0.3 is 15.4 Å². The highest BCUT2D eigenvalue weighted by molar-refractivity contribution is 9.10. The summed E-state index contributed by atoms with van der Waals surface area (Å²) in [7, 11) is 0. The summed E-state index contributed by atoms with van der Waals surface area (Å²) in [6.45, 7) is 10.4. The lowest BCUT2D eigenvalue weighted by Crippen LogP contribution is -2.43. The van der Waals surface area contributed by atoms with Crippen LogP contribution in [0.25, 0.3) is 0 Å². The van der Waals surface area contributed by atoms with Gasteiger partial charge in [0, 0.05) is 23.1 Å². The number of halogens is 1. The van der Waals surface area contributed by atoms with Crippen LogP contribution in [-0.2, 0) is 4.74 Å². The average molecular weight is 371 g/mol. The molecule has 0 saturated carbocycles. The van der Waals surface area contributed by atoms with Gasteiger partial charge in [0.15, 0.2) is 0 Å². The molecule has 22 heavy (non-hydrogen) atoms. The molecule has 5 heteroatoms. The van der Waals surface area contributed by atoms with Gasteiger partial charge in [0.1, 0.15) is 5.60 Å². The number of ether oxygens (including phenoxy) is 1. The van der Waals surface area contributed by atoms with Gasteiger partial charge in [-0.25, -0.2) is 4.79 Å². The number of benzene rings is 1. The van der Waals surface area contributed by atoms with Gasteiger partial charge in [-0.3, -0.25) is 0 Å². The molecule has 1 aromatic rings. The molecule has 0 fully saturated rings. The summed E-state index contributed by atoms with van der Waals surface area (Å²) in [5.74, 6) is 0. The fourth-order valence-electron chi connectivity index (χ4n) is 2.07. The van der Waals surface area contributed by atoms with Crippen LogP contribution in [0.1, 0.15) is 52.6 Å². The summed E-state index contributed by atoms with van der Waals surface area (Å²) < 4.78 is 6.33. The van der Waals surface area contributed by atoms with E-state index in [4.69, 9.17) is 4.74 Å². The zero-order valence-electron chi connectivity index (χ0n) is 14.1. The van der Waals surface area contributed by atoms with Crippen molar-refractivity contribution in [3.8, 4) is 0 Å². The highest BCUT2D eigenvalue weighted by Crippen LogP contribution is 2.19. The van der Waals surface area contributed by atoms with Crippen LogP contribution >= 0.6 is 15.9 Å². The first-order valence-electron chi connectivity index (χ1n) is 7.69. The largest absolute Gasteiger partial charge is 0.444 e. The second-order valence-corrected chi connectivity index (χ2v) is 7.38. The molecule has 2 unspecified atom stereocenters. The predicted molar refractivity (Wildman–Crippen MR) is 94.0 cm³/mol. The van der Waals surface area contributed by atoms with Gasteiger partial charge in [-0.2, -0.15) is 0 Å². The van der Waals surface area contributed by atoms with E-state index in [1.807, 2.05) is 39.8 Å². The van der Waals surface area contributed by atoms with Crippen LogP contribution in [0.15, 0.2) is 28.7 Å². The molecule has 2 atom stereocenters. The minimum atomic E-state index is -0.472. The molecule has 0 aliphatic rings. The number of amides is 1. The minimum absolute atomic E-state index is 0.000603. The lowest BCUT2D eigenvalue weighted by Gasteiger charge is -2.24. The molecule has 0 saturated heterocycles. The summed E-state index contributed by atoms with van der Waals surface area (Å²) in [4.78, 5) is 11.7. The smallest absolute Gasteiger partial charge is 0.407 e. The second kappa shape index (κ2) is 8.53. The zero-order valence-corrected chi connectivity index (χ0v) is 15.7. The van der Waals surface area contributed by atoms with Crippen LogP contribution in [0.4, 0.5) is 4.79 Å². The first-order valence-corrected chi connectivity index (χ1v) is 8.49. The van der Waals surface area contributed by atoms with E-state index in [-0.39, 0.29) is 18.2 Å². The first-order chi connectivity index (χ1) is 10.2. The van der Waals surface area contributed by atoms with Crippen molar-refractivity contribution in [3.63, 3.8) is 0 Å². The normalized spacial score (nSPS) is 14.3.